The Morgan fingerprint density at radius 1 is 1.36 bits per heavy atom. The van der Waals surface area contributed by atoms with Gasteiger partial charge in [-0.2, -0.15) is 0 Å². The number of rotatable bonds is 0. The summed E-state index contributed by atoms with van der Waals surface area (Å²) in [7, 11) is 0. The van der Waals surface area contributed by atoms with Crippen molar-refractivity contribution in [2.24, 2.45) is 11.8 Å². The van der Waals surface area contributed by atoms with Crippen LogP contribution in [0.15, 0.2) is 0 Å². The van der Waals surface area contributed by atoms with E-state index in [0.717, 1.165) is 31.8 Å². The van der Waals surface area contributed by atoms with Crippen molar-refractivity contribution in [1.82, 2.24) is 5.32 Å². The van der Waals surface area contributed by atoms with Gasteiger partial charge in [-0.3, -0.25) is 4.79 Å². The van der Waals surface area contributed by atoms with E-state index in [1.54, 1.807) is 0 Å². The second-order valence-corrected chi connectivity index (χ2v) is 3.72. The summed E-state index contributed by atoms with van der Waals surface area (Å²) >= 11 is 0. The summed E-state index contributed by atoms with van der Waals surface area (Å²) in [4.78, 5) is 11.4. The van der Waals surface area contributed by atoms with Crippen molar-refractivity contribution in [3.05, 3.63) is 0 Å². The molecule has 1 saturated heterocycles. The average Bonchev–Trinajstić information content (AvgIpc) is 2.06. The van der Waals surface area contributed by atoms with Crippen LogP contribution in [0.3, 0.4) is 0 Å². The van der Waals surface area contributed by atoms with Crippen molar-refractivity contribution in [1.29, 1.82) is 0 Å². The number of ketones is 1. The predicted octanol–water partition coefficient (Wildman–Crippen LogP) is 0.965. The zero-order valence-corrected chi connectivity index (χ0v) is 6.81. The molecule has 1 saturated carbocycles. The van der Waals surface area contributed by atoms with Crippen LogP contribution in [-0.2, 0) is 4.79 Å². The first-order valence-corrected chi connectivity index (χ1v) is 4.61. The molecule has 2 unspecified atom stereocenters. The van der Waals surface area contributed by atoms with Crippen molar-refractivity contribution in [3.63, 3.8) is 0 Å². The minimum absolute atomic E-state index is 0.373. The number of nitrogens with one attached hydrogen (secondary N) is 1. The van der Waals surface area contributed by atoms with Crippen LogP contribution in [0.25, 0.3) is 0 Å². The Labute approximate surface area is 67.4 Å². The van der Waals surface area contributed by atoms with E-state index in [1.807, 2.05) is 0 Å². The number of Topliss-reactive ketones (excluding diaryl/α,β-unsaturated/α-hetero) is 1. The van der Waals surface area contributed by atoms with Gasteiger partial charge in [-0.05, 0) is 31.7 Å². The summed E-state index contributed by atoms with van der Waals surface area (Å²) < 4.78 is 0. The van der Waals surface area contributed by atoms with Crippen molar-refractivity contribution in [2.75, 3.05) is 13.1 Å². The maximum atomic E-state index is 11.4. The fourth-order valence-corrected chi connectivity index (χ4v) is 2.36. The lowest BCUT2D eigenvalue weighted by Gasteiger charge is -2.34. The van der Waals surface area contributed by atoms with Gasteiger partial charge < -0.3 is 5.32 Å². The lowest BCUT2D eigenvalue weighted by molar-refractivity contribution is -0.127. The molecule has 2 atom stereocenters. The molecule has 0 aromatic heterocycles. The standard InChI is InChI=1S/C9H15NO/c11-9-3-1-2-7-4-5-10-6-8(7)9/h7-8,10H,1-6H2. The summed E-state index contributed by atoms with van der Waals surface area (Å²) in [5, 5.41) is 3.29. The monoisotopic (exact) mass is 153 g/mol. The molecule has 62 valence electrons. The largest absolute Gasteiger partial charge is 0.316 e. The van der Waals surface area contributed by atoms with Gasteiger partial charge in [0.25, 0.3) is 0 Å². The highest BCUT2D eigenvalue weighted by molar-refractivity contribution is 5.82. The Bertz CT molecular complexity index is 165. The molecule has 0 amide bonds. The van der Waals surface area contributed by atoms with Crippen LogP contribution in [0.5, 0.6) is 0 Å². The Morgan fingerprint density at radius 2 is 2.27 bits per heavy atom. The molecule has 2 fully saturated rings. The molecule has 2 heteroatoms. The molecule has 2 aliphatic rings. The molecule has 11 heavy (non-hydrogen) atoms. The van der Waals surface area contributed by atoms with Crippen molar-refractivity contribution >= 4 is 5.78 Å². The average molecular weight is 153 g/mol. The number of piperidine rings is 1. The highest BCUT2D eigenvalue weighted by atomic mass is 16.1. The van der Waals surface area contributed by atoms with E-state index in [0.29, 0.717) is 11.7 Å². The zero-order valence-electron chi connectivity index (χ0n) is 6.81. The van der Waals surface area contributed by atoms with Gasteiger partial charge in [0, 0.05) is 18.9 Å². The van der Waals surface area contributed by atoms with Gasteiger partial charge in [0.05, 0.1) is 0 Å². The van der Waals surface area contributed by atoms with Crippen LogP contribution in [0.1, 0.15) is 25.7 Å². The Balaban J connectivity index is 2.05. The quantitative estimate of drug-likeness (QED) is 0.561. The molecule has 1 aliphatic carbocycles. The highest BCUT2D eigenvalue weighted by Crippen LogP contribution is 2.31. The molecule has 1 aliphatic heterocycles. The fourth-order valence-electron chi connectivity index (χ4n) is 2.36. The molecule has 0 radical (unpaired) electrons. The topological polar surface area (TPSA) is 29.1 Å². The maximum Gasteiger partial charge on any atom is 0.137 e. The van der Waals surface area contributed by atoms with Crippen LogP contribution in [-0.4, -0.2) is 18.9 Å². The third-order valence-electron chi connectivity index (χ3n) is 3.04. The summed E-state index contributed by atoms with van der Waals surface area (Å²) in [6.07, 6.45) is 4.48. The van der Waals surface area contributed by atoms with Crippen LogP contribution < -0.4 is 5.32 Å². The molecule has 0 bridgehead atoms. The Morgan fingerprint density at radius 3 is 3.09 bits per heavy atom. The summed E-state index contributed by atoms with van der Waals surface area (Å²) in [5.74, 6) is 1.60. The van der Waals surface area contributed by atoms with E-state index in [9.17, 15) is 4.79 Å². The molecular formula is C9H15NO. The van der Waals surface area contributed by atoms with E-state index in [2.05, 4.69) is 5.32 Å². The molecule has 2 rings (SSSR count). The first-order chi connectivity index (χ1) is 5.38. The second-order valence-electron chi connectivity index (χ2n) is 3.72. The van der Waals surface area contributed by atoms with Crippen molar-refractivity contribution in [2.45, 2.75) is 25.7 Å². The zero-order chi connectivity index (χ0) is 7.68. The van der Waals surface area contributed by atoms with Crippen molar-refractivity contribution < 1.29 is 4.79 Å². The predicted molar refractivity (Wildman–Crippen MR) is 43.3 cm³/mol. The molecule has 0 aromatic carbocycles. The highest BCUT2D eigenvalue weighted by Gasteiger charge is 2.32. The third kappa shape index (κ3) is 1.32. The molecule has 0 spiro atoms. The lowest BCUT2D eigenvalue weighted by Crippen LogP contribution is -2.42. The van der Waals surface area contributed by atoms with E-state index in [1.165, 1.54) is 12.8 Å². The normalized spacial score (nSPS) is 38.4. The second kappa shape index (κ2) is 2.94. The van der Waals surface area contributed by atoms with Gasteiger partial charge in [0.1, 0.15) is 5.78 Å². The number of hydrogen-bond acceptors (Lipinski definition) is 2. The minimum Gasteiger partial charge on any atom is -0.316 e. The summed E-state index contributed by atoms with van der Waals surface area (Å²) in [5.41, 5.74) is 0. The van der Waals surface area contributed by atoms with Gasteiger partial charge in [-0.15, -0.1) is 0 Å². The first-order valence-electron chi connectivity index (χ1n) is 4.61. The maximum absolute atomic E-state index is 11.4. The molecule has 0 aromatic rings. The van der Waals surface area contributed by atoms with Gasteiger partial charge in [0.15, 0.2) is 0 Å². The SMILES string of the molecule is O=C1CCCC2CCNCC12. The number of fused-ring (bicyclic) bond motifs is 1. The van der Waals surface area contributed by atoms with Gasteiger partial charge in [0.2, 0.25) is 0 Å². The first kappa shape index (κ1) is 7.29. The van der Waals surface area contributed by atoms with Crippen LogP contribution >= 0.6 is 0 Å². The molecular weight excluding hydrogens is 138 g/mol. The van der Waals surface area contributed by atoms with E-state index in [4.69, 9.17) is 0 Å². The van der Waals surface area contributed by atoms with E-state index < -0.39 is 0 Å². The summed E-state index contributed by atoms with van der Waals surface area (Å²) in [6, 6.07) is 0. The van der Waals surface area contributed by atoms with Gasteiger partial charge in [-0.25, -0.2) is 0 Å². The van der Waals surface area contributed by atoms with Gasteiger partial charge in [-0.1, -0.05) is 0 Å². The Hall–Kier alpha value is -0.370. The van der Waals surface area contributed by atoms with E-state index in [-0.39, 0.29) is 0 Å². The van der Waals surface area contributed by atoms with Crippen molar-refractivity contribution in [3.8, 4) is 0 Å². The number of hydrogen-bond donors (Lipinski definition) is 1. The lowest BCUT2D eigenvalue weighted by atomic mass is 9.75. The fraction of sp³-hybridized carbons (Fsp3) is 0.889. The molecule has 2 nitrogen and oxygen atoms in total. The van der Waals surface area contributed by atoms with Gasteiger partial charge >= 0.3 is 0 Å². The number of carbonyl (C=O) groups is 1. The third-order valence-corrected chi connectivity index (χ3v) is 3.04. The van der Waals surface area contributed by atoms with Crippen LogP contribution in [0.4, 0.5) is 0 Å². The number of carbonyl (C=O) groups excluding carboxylic acids is 1. The smallest absolute Gasteiger partial charge is 0.137 e. The van der Waals surface area contributed by atoms with E-state index >= 15 is 0 Å². The summed E-state index contributed by atoms with van der Waals surface area (Å²) in [6.45, 7) is 2.07. The van der Waals surface area contributed by atoms with Crippen LogP contribution in [0.2, 0.25) is 0 Å². The minimum atomic E-state index is 0.373. The Kier molecular flexibility index (Phi) is 1.95. The molecule has 1 N–H and O–H groups in total. The van der Waals surface area contributed by atoms with Crippen LogP contribution in [0, 0.1) is 11.8 Å². The molecule has 1 heterocycles.